The number of methoxy groups -OCH3 is 2. The molecule has 0 spiro atoms. The van der Waals surface area contributed by atoms with Gasteiger partial charge in [-0.3, -0.25) is 0 Å². The van der Waals surface area contributed by atoms with Crippen molar-refractivity contribution in [2.45, 2.75) is 12.6 Å². The van der Waals surface area contributed by atoms with Crippen LogP contribution in [-0.4, -0.2) is 52.2 Å². The molecule has 0 aliphatic carbocycles. The molecule has 0 saturated heterocycles. The normalized spacial score (nSPS) is 11.9. The standard InChI is InChI=1S/C18H20ClN5O3/c1-26-16-9-15(17(27-2)8-14(16)19)20-10-13(25)11-24-18(21-22-23-24)12-6-4-3-5-7-12/h3-9,13,20,25H,10-11H2,1-2H3. The second kappa shape index (κ2) is 8.70. The number of hydrogen-bond donors (Lipinski definition) is 2. The predicted octanol–water partition coefficient (Wildman–Crippen LogP) is 2.48. The first-order valence-electron chi connectivity index (χ1n) is 8.27. The monoisotopic (exact) mass is 389 g/mol. The van der Waals surface area contributed by atoms with E-state index >= 15 is 0 Å². The number of aromatic nitrogens is 4. The van der Waals surface area contributed by atoms with Gasteiger partial charge in [-0.1, -0.05) is 41.9 Å². The number of ether oxygens (including phenoxy) is 2. The van der Waals surface area contributed by atoms with Crippen molar-refractivity contribution in [2.75, 3.05) is 26.1 Å². The first-order chi connectivity index (χ1) is 13.1. The zero-order chi connectivity index (χ0) is 19.2. The Morgan fingerprint density at radius 1 is 1.15 bits per heavy atom. The molecular weight excluding hydrogens is 370 g/mol. The molecule has 0 amide bonds. The lowest BCUT2D eigenvalue weighted by molar-refractivity contribution is 0.161. The number of nitrogens with one attached hydrogen (secondary N) is 1. The SMILES string of the molecule is COc1cc(NCC(O)Cn2nnnc2-c2ccccc2)c(OC)cc1Cl. The maximum absolute atomic E-state index is 10.4. The van der Waals surface area contributed by atoms with Crippen LogP contribution in [0.3, 0.4) is 0 Å². The van der Waals surface area contributed by atoms with E-state index in [1.807, 2.05) is 30.3 Å². The van der Waals surface area contributed by atoms with Gasteiger partial charge in [0.05, 0.1) is 37.6 Å². The number of anilines is 1. The molecule has 3 aromatic rings. The third-order valence-electron chi connectivity index (χ3n) is 3.95. The van der Waals surface area contributed by atoms with Crippen LogP contribution in [0.5, 0.6) is 11.5 Å². The molecule has 2 N–H and O–H groups in total. The van der Waals surface area contributed by atoms with E-state index in [-0.39, 0.29) is 13.1 Å². The van der Waals surface area contributed by atoms with Gasteiger partial charge in [0, 0.05) is 24.2 Å². The summed E-state index contributed by atoms with van der Waals surface area (Å²) in [6.45, 7) is 0.493. The van der Waals surface area contributed by atoms with Crippen LogP contribution in [0.4, 0.5) is 5.69 Å². The summed E-state index contributed by atoms with van der Waals surface area (Å²) >= 11 is 6.11. The van der Waals surface area contributed by atoms with Crippen molar-refractivity contribution in [1.29, 1.82) is 0 Å². The van der Waals surface area contributed by atoms with Gasteiger partial charge >= 0.3 is 0 Å². The Hall–Kier alpha value is -2.84. The molecule has 0 aliphatic rings. The fourth-order valence-corrected chi connectivity index (χ4v) is 2.84. The quantitative estimate of drug-likeness (QED) is 0.611. The topological polar surface area (TPSA) is 94.3 Å². The van der Waals surface area contributed by atoms with Crippen LogP contribution in [0.2, 0.25) is 5.02 Å². The third-order valence-corrected chi connectivity index (χ3v) is 4.25. The van der Waals surface area contributed by atoms with Crippen LogP contribution in [0, 0.1) is 0 Å². The second-order valence-corrected chi connectivity index (χ2v) is 6.18. The average molecular weight is 390 g/mol. The highest BCUT2D eigenvalue weighted by atomic mass is 35.5. The predicted molar refractivity (Wildman–Crippen MR) is 102 cm³/mol. The Balaban J connectivity index is 1.68. The summed E-state index contributed by atoms with van der Waals surface area (Å²) in [5.41, 5.74) is 1.55. The zero-order valence-corrected chi connectivity index (χ0v) is 15.7. The number of rotatable bonds is 8. The maximum atomic E-state index is 10.4. The van der Waals surface area contributed by atoms with Gasteiger partial charge in [0.2, 0.25) is 0 Å². The van der Waals surface area contributed by atoms with E-state index < -0.39 is 6.10 Å². The van der Waals surface area contributed by atoms with Crippen molar-refractivity contribution < 1.29 is 14.6 Å². The van der Waals surface area contributed by atoms with E-state index in [0.717, 1.165) is 5.56 Å². The molecule has 3 rings (SSSR count). The van der Waals surface area contributed by atoms with Crippen LogP contribution in [0.25, 0.3) is 11.4 Å². The molecule has 1 aromatic heterocycles. The maximum Gasteiger partial charge on any atom is 0.182 e. The Morgan fingerprint density at radius 2 is 1.89 bits per heavy atom. The van der Waals surface area contributed by atoms with Crippen molar-refractivity contribution >= 4 is 17.3 Å². The summed E-state index contributed by atoms with van der Waals surface area (Å²) in [6.07, 6.45) is -0.734. The fraction of sp³-hybridized carbons (Fsp3) is 0.278. The Bertz CT molecular complexity index is 888. The fourth-order valence-electron chi connectivity index (χ4n) is 2.61. The summed E-state index contributed by atoms with van der Waals surface area (Å²) in [4.78, 5) is 0. The van der Waals surface area contributed by atoms with Gasteiger partial charge in [0.15, 0.2) is 5.82 Å². The first-order valence-corrected chi connectivity index (χ1v) is 8.65. The van der Waals surface area contributed by atoms with Crippen molar-refractivity contribution in [3.05, 3.63) is 47.5 Å². The van der Waals surface area contributed by atoms with Crippen LogP contribution in [0.15, 0.2) is 42.5 Å². The summed E-state index contributed by atoms with van der Waals surface area (Å²) in [7, 11) is 3.09. The largest absolute Gasteiger partial charge is 0.495 e. The molecule has 8 nitrogen and oxygen atoms in total. The minimum absolute atomic E-state index is 0.233. The van der Waals surface area contributed by atoms with E-state index in [0.29, 0.717) is 28.0 Å². The van der Waals surface area contributed by atoms with Crippen molar-refractivity contribution in [3.8, 4) is 22.9 Å². The molecular formula is C18H20ClN5O3. The summed E-state index contributed by atoms with van der Waals surface area (Å²) in [5.74, 6) is 1.67. The zero-order valence-electron chi connectivity index (χ0n) is 15.0. The summed E-state index contributed by atoms with van der Waals surface area (Å²) < 4.78 is 12.1. The van der Waals surface area contributed by atoms with Crippen LogP contribution in [0.1, 0.15) is 0 Å². The number of hydrogen-bond acceptors (Lipinski definition) is 7. The molecule has 27 heavy (non-hydrogen) atoms. The van der Waals surface area contributed by atoms with Gasteiger partial charge in [0.25, 0.3) is 0 Å². The number of aliphatic hydroxyl groups is 1. The van der Waals surface area contributed by atoms with Gasteiger partial charge in [-0.05, 0) is 10.4 Å². The van der Waals surface area contributed by atoms with Gasteiger partial charge in [-0.2, -0.15) is 0 Å². The van der Waals surface area contributed by atoms with Crippen molar-refractivity contribution in [1.82, 2.24) is 20.2 Å². The summed E-state index contributed by atoms with van der Waals surface area (Å²) in [5, 5.41) is 25.7. The van der Waals surface area contributed by atoms with E-state index in [4.69, 9.17) is 21.1 Å². The molecule has 1 heterocycles. The Labute approximate surface area is 161 Å². The number of tetrazole rings is 1. The molecule has 0 aliphatic heterocycles. The third kappa shape index (κ3) is 4.47. The highest BCUT2D eigenvalue weighted by Gasteiger charge is 2.15. The minimum atomic E-state index is -0.734. The highest BCUT2D eigenvalue weighted by molar-refractivity contribution is 6.32. The smallest absolute Gasteiger partial charge is 0.182 e. The first kappa shape index (κ1) is 18.9. The summed E-state index contributed by atoms with van der Waals surface area (Å²) in [6, 6.07) is 12.9. The molecule has 2 aromatic carbocycles. The van der Waals surface area contributed by atoms with Gasteiger partial charge in [0.1, 0.15) is 11.5 Å². The van der Waals surface area contributed by atoms with Crippen LogP contribution >= 0.6 is 11.6 Å². The van der Waals surface area contributed by atoms with Gasteiger partial charge in [-0.25, -0.2) is 4.68 Å². The molecule has 0 fully saturated rings. The van der Waals surface area contributed by atoms with E-state index in [2.05, 4.69) is 20.8 Å². The number of nitrogens with zero attached hydrogens (tertiary/aromatic N) is 4. The molecule has 9 heteroatoms. The molecule has 1 unspecified atom stereocenters. The number of benzene rings is 2. The highest BCUT2D eigenvalue weighted by Crippen LogP contribution is 2.35. The second-order valence-electron chi connectivity index (χ2n) is 5.77. The van der Waals surface area contributed by atoms with Crippen molar-refractivity contribution in [3.63, 3.8) is 0 Å². The molecule has 0 saturated carbocycles. The average Bonchev–Trinajstić information content (AvgIpc) is 3.15. The molecule has 0 bridgehead atoms. The molecule has 0 radical (unpaired) electrons. The van der Waals surface area contributed by atoms with E-state index in [1.54, 1.807) is 23.9 Å². The Morgan fingerprint density at radius 3 is 2.59 bits per heavy atom. The van der Waals surface area contributed by atoms with E-state index in [1.165, 1.54) is 7.11 Å². The van der Waals surface area contributed by atoms with Crippen LogP contribution < -0.4 is 14.8 Å². The van der Waals surface area contributed by atoms with Crippen molar-refractivity contribution in [2.24, 2.45) is 0 Å². The lowest BCUT2D eigenvalue weighted by atomic mass is 10.2. The van der Waals surface area contributed by atoms with Gasteiger partial charge in [-0.15, -0.1) is 5.10 Å². The minimum Gasteiger partial charge on any atom is -0.495 e. The van der Waals surface area contributed by atoms with Crippen LogP contribution in [-0.2, 0) is 6.54 Å². The number of aliphatic hydroxyl groups excluding tert-OH is 1. The lowest BCUT2D eigenvalue weighted by Crippen LogP contribution is -2.26. The lowest BCUT2D eigenvalue weighted by Gasteiger charge is -2.17. The number of halogens is 1. The van der Waals surface area contributed by atoms with Gasteiger partial charge < -0.3 is 19.9 Å². The Kier molecular flexibility index (Phi) is 6.10. The molecule has 142 valence electrons. The molecule has 1 atom stereocenters. The van der Waals surface area contributed by atoms with E-state index in [9.17, 15) is 5.11 Å².